The van der Waals surface area contributed by atoms with Crippen molar-refractivity contribution in [3.8, 4) is 0 Å². The van der Waals surface area contributed by atoms with E-state index in [9.17, 15) is 9.90 Å². The SMILES string of the molecule is [CH2]CCCCOC([O])=O. The molecular formula is C6H10O3. The van der Waals surface area contributed by atoms with E-state index in [1.54, 1.807) is 0 Å². The highest BCUT2D eigenvalue weighted by atomic mass is 16.7. The molecule has 0 spiro atoms. The zero-order valence-electron chi connectivity index (χ0n) is 5.26. The minimum absolute atomic E-state index is 0.234. The molecule has 0 aliphatic rings. The summed E-state index contributed by atoms with van der Waals surface area (Å²) in [5.74, 6) is 0. The van der Waals surface area contributed by atoms with Gasteiger partial charge in [0.15, 0.2) is 0 Å². The molecule has 0 aromatic rings. The van der Waals surface area contributed by atoms with Crippen molar-refractivity contribution in [3.05, 3.63) is 6.92 Å². The maximum absolute atomic E-state index is 9.61. The molecule has 9 heavy (non-hydrogen) atoms. The normalized spacial score (nSPS) is 9.00. The van der Waals surface area contributed by atoms with E-state index in [4.69, 9.17) is 0 Å². The molecule has 0 N–H and O–H groups in total. The van der Waals surface area contributed by atoms with Crippen molar-refractivity contribution in [3.63, 3.8) is 0 Å². The van der Waals surface area contributed by atoms with Crippen LogP contribution in [0.1, 0.15) is 19.3 Å². The van der Waals surface area contributed by atoms with Gasteiger partial charge in [-0.1, -0.05) is 19.8 Å². The highest BCUT2D eigenvalue weighted by Crippen LogP contribution is 1.93. The van der Waals surface area contributed by atoms with Crippen LogP contribution in [0, 0.1) is 6.92 Å². The molecule has 0 saturated heterocycles. The molecule has 0 aromatic heterocycles. The summed E-state index contributed by atoms with van der Waals surface area (Å²) in [7, 11) is 0. The van der Waals surface area contributed by atoms with Gasteiger partial charge in [0.2, 0.25) is 0 Å². The van der Waals surface area contributed by atoms with Crippen LogP contribution in [-0.2, 0) is 9.84 Å². The predicted octanol–water partition coefficient (Wildman–Crippen LogP) is 1.56. The molecule has 0 aliphatic carbocycles. The second-order valence-corrected chi connectivity index (χ2v) is 1.66. The lowest BCUT2D eigenvalue weighted by molar-refractivity contribution is 0.0666. The van der Waals surface area contributed by atoms with Crippen molar-refractivity contribution < 1.29 is 14.6 Å². The van der Waals surface area contributed by atoms with Crippen LogP contribution in [-0.4, -0.2) is 12.8 Å². The van der Waals surface area contributed by atoms with E-state index in [1.807, 2.05) is 0 Å². The van der Waals surface area contributed by atoms with E-state index >= 15 is 0 Å². The third kappa shape index (κ3) is 7.27. The molecular weight excluding hydrogens is 120 g/mol. The Morgan fingerprint density at radius 2 is 2.11 bits per heavy atom. The first kappa shape index (κ1) is 8.27. The molecule has 2 radical (unpaired) electrons. The summed E-state index contributed by atoms with van der Waals surface area (Å²) in [6.45, 7) is 3.82. The van der Waals surface area contributed by atoms with Gasteiger partial charge < -0.3 is 4.74 Å². The van der Waals surface area contributed by atoms with Crippen molar-refractivity contribution in [1.82, 2.24) is 0 Å². The Bertz CT molecular complexity index is 80.4. The monoisotopic (exact) mass is 130 g/mol. The summed E-state index contributed by atoms with van der Waals surface area (Å²) in [6, 6.07) is 0. The average molecular weight is 130 g/mol. The second kappa shape index (κ2) is 5.41. The molecule has 52 valence electrons. The largest absolute Gasteiger partial charge is 0.549 e. The zero-order valence-corrected chi connectivity index (χ0v) is 5.26. The maximum Gasteiger partial charge on any atom is 0.549 e. The molecule has 0 aromatic carbocycles. The van der Waals surface area contributed by atoms with Crippen molar-refractivity contribution in [2.75, 3.05) is 6.61 Å². The quantitative estimate of drug-likeness (QED) is 0.428. The number of rotatable bonds is 4. The third-order valence-corrected chi connectivity index (χ3v) is 0.864. The first-order valence-electron chi connectivity index (χ1n) is 2.90. The van der Waals surface area contributed by atoms with Crippen molar-refractivity contribution >= 4 is 6.16 Å². The minimum atomic E-state index is -1.45. The topological polar surface area (TPSA) is 46.2 Å². The summed E-state index contributed by atoms with van der Waals surface area (Å²) < 4.78 is 4.12. The second-order valence-electron chi connectivity index (χ2n) is 1.66. The van der Waals surface area contributed by atoms with Crippen LogP contribution in [0.2, 0.25) is 0 Å². The van der Waals surface area contributed by atoms with Gasteiger partial charge in [0.05, 0.1) is 6.61 Å². The molecule has 0 unspecified atom stereocenters. The first-order valence-corrected chi connectivity index (χ1v) is 2.90. The standard InChI is InChI=1S/C6H10O3/c1-2-3-4-5-9-6(7)8/h1-5H2. The lowest BCUT2D eigenvalue weighted by atomic mass is 10.3. The van der Waals surface area contributed by atoms with E-state index in [1.165, 1.54) is 0 Å². The number of hydrogen-bond donors (Lipinski definition) is 0. The highest BCUT2D eigenvalue weighted by molar-refractivity contribution is 5.56. The summed E-state index contributed by atoms with van der Waals surface area (Å²) >= 11 is 0. The maximum atomic E-state index is 9.61. The van der Waals surface area contributed by atoms with Gasteiger partial charge >= 0.3 is 6.16 Å². The Kier molecular flexibility index (Phi) is 4.97. The Labute approximate surface area is 54.6 Å². The predicted molar refractivity (Wildman–Crippen MR) is 31.2 cm³/mol. The molecule has 0 saturated carbocycles. The number of hydrogen-bond acceptors (Lipinski definition) is 2. The van der Waals surface area contributed by atoms with Gasteiger partial charge in [0.25, 0.3) is 0 Å². The van der Waals surface area contributed by atoms with Crippen LogP contribution >= 0.6 is 0 Å². The van der Waals surface area contributed by atoms with E-state index in [2.05, 4.69) is 11.7 Å². The highest BCUT2D eigenvalue weighted by Gasteiger charge is 1.96. The fourth-order valence-corrected chi connectivity index (χ4v) is 0.434. The van der Waals surface area contributed by atoms with Crippen LogP contribution in [0.3, 0.4) is 0 Å². The molecule has 0 amide bonds. The van der Waals surface area contributed by atoms with E-state index in [0.717, 1.165) is 19.3 Å². The summed E-state index contributed by atoms with van der Waals surface area (Å²) in [6.07, 6.45) is 1.00. The average Bonchev–Trinajstić information content (AvgIpc) is 1.80. The van der Waals surface area contributed by atoms with Crippen molar-refractivity contribution in [2.24, 2.45) is 0 Å². The number of carbonyl (C=O) groups is 1. The van der Waals surface area contributed by atoms with Gasteiger partial charge in [-0.25, -0.2) is 0 Å². The molecule has 0 bridgehead atoms. The van der Waals surface area contributed by atoms with Gasteiger partial charge in [-0.15, -0.1) is 0 Å². The fraction of sp³-hybridized carbons (Fsp3) is 0.667. The van der Waals surface area contributed by atoms with Crippen LogP contribution < -0.4 is 0 Å². The molecule has 0 heterocycles. The Hall–Kier alpha value is -0.730. The Morgan fingerprint density at radius 3 is 2.56 bits per heavy atom. The van der Waals surface area contributed by atoms with E-state index < -0.39 is 6.16 Å². The van der Waals surface area contributed by atoms with E-state index in [-0.39, 0.29) is 6.61 Å². The zero-order chi connectivity index (χ0) is 7.11. The Balaban J connectivity index is 2.83. The number of ether oxygens (including phenoxy) is 1. The molecule has 0 fully saturated rings. The lowest BCUT2D eigenvalue weighted by Crippen LogP contribution is -1.99. The minimum Gasteiger partial charge on any atom is -0.432 e. The number of carbonyl (C=O) groups excluding carboxylic acids is 1. The van der Waals surface area contributed by atoms with Crippen LogP contribution in [0.25, 0.3) is 0 Å². The summed E-state index contributed by atoms with van der Waals surface area (Å²) in [5.41, 5.74) is 0. The van der Waals surface area contributed by atoms with Gasteiger partial charge in [0, 0.05) is 0 Å². The van der Waals surface area contributed by atoms with Crippen molar-refractivity contribution in [1.29, 1.82) is 0 Å². The summed E-state index contributed by atoms with van der Waals surface area (Å²) in [5, 5.41) is 9.61. The van der Waals surface area contributed by atoms with Crippen molar-refractivity contribution in [2.45, 2.75) is 19.3 Å². The van der Waals surface area contributed by atoms with Gasteiger partial charge in [-0.2, -0.15) is 9.90 Å². The van der Waals surface area contributed by atoms with Gasteiger partial charge in [-0.05, 0) is 6.42 Å². The molecule has 3 heteroatoms. The third-order valence-electron chi connectivity index (χ3n) is 0.864. The molecule has 0 atom stereocenters. The molecule has 3 nitrogen and oxygen atoms in total. The van der Waals surface area contributed by atoms with E-state index in [0.29, 0.717) is 0 Å². The first-order chi connectivity index (χ1) is 4.27. The molecule has 0 aliphatic heterocycles. The van der Waals surface area contributed by atoms with Crippen LogP contribution in [0.5, 0.6) is 0 Å². The lowest BCUT2D eigenvalue weighted by Gasteiger charge is -1.95. The fourth-order valence-electron chi connectivity index (χ4n) is 0.434. The van der Waals surface area contributed by atoms with Gasteiger partial charge in [0.1, 0.15) is 0 Å². The summed E-state index contributed by atoms with van der Waals surface area (Å²) in [4.78, 5) is 9.61. The van der Waals surface area contributed by atoms with Crippen LogP contribution in [0.15, 0.2) is 0 Å². The van der Waals surface area contributed by atoms with Crippen LogP contribution in [0.4, 0.5) is 4.79 Å². The number of unbranched alkanes of at least 4 members (excludes halogenated alkanes) is 2. The Morgan fingerprint density at radius 1 is 1.44 bits per heavy atom. The smallest absolute Gasteiger partial charge is 0.432 e. The molecule has 0 rings (SSSR count). The van der Waals surface area contributed by atoms with Gasteiger partial charge in [-0.3, -0.25) is 0 Å².